The zero-order valence-electron chi connectivity index (χ0n) is 18.2. The van der Waals surface area contributed by atoms with Gasteiger partial charge in [-0.05, 0) is 29.2 Å². The normalized spacial score (nSPS) is 20.4. The number of carboxylic acid groups (broad SMARTS) is 1. The molecule has 2 aromatic carbocycles. The number of carboxylic acids is 1. The second kappa shape index (κ2) is 9.00. The lowest BCUT2D eigenvalue weighted by Gasteiger charge is -2.22. The second-order valence-electron chi connectivity index (χ2n) is 8.53. The molecule has 4 rings (SSSR count). The number of rotatable bonds is 5. The number of alkyl carbamates (subject to hydrolysis) is 1. The minimum absolute atomic E-state index is 0.0156. The number of halogens is 3. The molecule has 0 unspecified atom stereocenters. The van der Waals surface area contributed by atoms with Gasteiger partial charge in [0.25, 0.3) is 0 Å². The lowest BCUT2D eigenvalue weighted by molar-refractivity contribution is -0.188. The van der Waals surface area contributed by atoms with Crippen molar-refractivity contribution in [2.45, 2.75) is 25.1 Å². The van der Waals surface area contributed by atoms with Gasteiger partial charge in [0.05, 0.1) is 11.8 Å². The highest BCUT2D eigenvalue weighted by Gasteiger charge is 2.53. The van der Waals surface area contributed by atoms with Crippen LogP contribution in [-0.4, -0.2) is 59.9 Å². The maximum Gasteiger partial charge on any atom is 0.407 e. The van der Waals surface area contributed by atoms with E-state index in [1.165, 1.54) is 6.92 Å². The topological polar surface area (TPSA) is 95.9 Å². The van der Waals surface area contributed by atoms with Crippen molar-refractivity contribution in [3.05, 3.63) is 59.7 Å². The predicted molar refractivity (Wildman–Crippen MR) is 115 cm³/mol. The minimum Gasteiger partial charge on any atom is -0.481 e. The first-order valence-electron chi connectivity index (χ1n) is 10.8. The molecule has 0 saturated carbocycles. The van der Waals surface area contributed by atoms with Gasteiger partial charge in [-0.1, -0.05) is 48.5 Å². The van der Waals surface area contributed by atoms with Crippen LogP contribution in [0.1, 0.15) is 24.0 Å². The number of ether oxygens (including phenoxy) is 1. The molecule has 1 saturated heterocycles. The molecular weight excluding hydrogens is 453 g/mol. The van der Waals surface area contributed by atoms with Gasteiger partial charge < -0.3 is 20.1 Å². The molecular formula is C24H23F3N2O5. The summed E-state index contributed by atoms with van der Waals surface area (Å²) in [5, 5.41) is 11.5. The van der Waals surface area contributed by atoms with E-state index in [2.05, 4.69) is 5.32 Å². The first-order chi connectivity index (χ1) is 16.1. The Bertz CT molecular complexity index is 1070. The molecule has 0 bridgehead atoms. The van der Waals surface area contributed by atoms with Crippen molar-refractivity contribution in [3.8, 4) is 11.1 Å². The lowest BCUT2D eigenvalue weighted by atomic mass is 9.96. The summed E-state index contributed by atoms with van der Waals surface area (Å²) in [5.41, 5.74) is 4.12. The maximum absolute atomic E-state index is 13.2. The standard InChI is InChI=1S/C24H23F3N2O5/c1-13(21(30)29-10-18(22(31)32)20(11-29)24(25,26)27)28-23(33)34-12-19-16-8-4-2-6-14(16)15-7-3-5-9-17(15)19/h2-9,13,18-20H,10-12H2,1H3,(H,28,33)(H,31,32)/t13-,18+,20+/m1/s1. The van der Waals surface area contributed by atoms with Crippen LogP contribution in [0.5, 0.6) is 0 Å². The van der Waals surface area contributed by atoms with Crippen molar-refractivity contribution in [1.29, 1.82) is 0 Å². The number of fused-ring (bicyclic) bond motifs is 3. The fraction of sp³-hybridized carbons (Fsp3) is 0.375. The molecule has 2 aromatic rings. The Morgan fingerprint density at radius 3 is 2.12 bits per heavy atom. The summed E-state index contributed by atoms with van der Waals surface area (Å²) in [6.07, 6.45) is -5.63. The molecule has 3 atom stereocenters. The summed E-state index contributed by atoms with van der Waals surface area (Å²) in [5.74, 6) is -6.51. The van der Waals surface area contributed by atoms with E-state index in [-0.39, 0.29) is 12.5 Å². The molecule has 2 aliphatic rings. The van der Waals surface area contributed by atoms with Gasteiger partial charge in [0.2, 0.25) is 5.91 Å². The lowest BCUT2D eigenvalue weighted by Crippen LogP contribution is -2.47. The molecule has 0 aromatic heterocycles. The van der Waals surface area contributed by atoms with Crippen LogP contribution < -0.4 is 5.32 Å². The van der Waals surface area contributed by atoms with Gasteiger partial charge >= 0.3 is 18.2 Å². The van der Waals surface area contributed by atoms with Gasteiger partial charge in [-0.15, -0.1) is 0 Å². The van der Waals surface area contributed by atoms with Gasteiger partial charge in [0.15, 0.2) is 0 Å². The molecule has 180 valence electrons. The number of likely N-dealkylation sites (tertiary alicyclic amines) is 1. The van der Waals surface area contributed by atoms with Gasteiger partial charge in [-0.2, -0.15) is 13.2 Å². The summed E-state index contributed by atoms with van der Waals surface area (Å²) in [6.45, 7) is -0.00671. The van der Waals surface area contributed by atoms with Gasteiger partial charge in [0, 0.05) is 19.0 Å². The molecule has 1 aliphatic carbocycles. The number of carbonyl (C=O) groups excluding carboxylic acids is 2. The summed E-state index contributed by atoms with van der Waals surface area (Å²) < 4.78 is 44.9. The summed E-state index contributed by atoms with van der Waals surface area (Å²) in [7, 11) is 0. The molecule has 0 radical (unpaired) electrons. The van der Waals surface area contributed by atoms with E-state index in [0.29, 0.717) is 0 Å². The Balaban J connectivity index is 1.37. The minimum atomic E-state index is -4.75. The predicted octanol–water partition coefficient (Wildman–Crippen LogP) is 3.64. The summed E-state index contributed by atoms with van der Waals surface area (Å²) in [6, 6.07) is 14.4. The van der Waals surface area contributed by atoms with E-state index < -0.39 is 55.1 Å². The van der Waals surface area contributed by atoms with E-state index in [1.807, 2.05) is 48.5 Å². The quantitative estimate of drug-likeness (QED) is 0.687. The molecule has 1 heterocycles. The van der Waals surface area contributed by atoms with Crippen molar-refractivity contribution in [1.82, 2.24) is 10.2 Å². The summed E-state index contributed by atoms with van der Waals surface area (Å²) >= 11 is 0. The largest absolute Gasteiger partial charge is 0.481 e. The van der Waals surface area contributed by atoms with E-state index in [9.17, 15) is 27.6 Å². The maximum atomic E-state index is 13.2. The first-order valence-corrected chi connectivity index (χ1v) is 10.8. The SMILES string of the molecule is C[C@@H](NC(=O)OCC1c2ccccc2-c2ccccc21)C(=O)N1C[C@H](C(=O)O)[C@@H](C(F)(F)F)C1. The second-order valence-corrected chi connectivity index (χ2v) is 8.53. The van der Waals surface area contributed by atoms with Crippen LogP contribution >= 0.6 is 0 Å². The van der Waals surface area contributed by atoms with Crippen molar-refractivity contribution in [3.63, 3.8) is 0 Å². The average Bonchev–Trinajstić information content (AvgIpc) is 3.38. The first kappa shape index (κ1) is 23.6. The Morgan fingerprint density at radius 2 is 1.62 bits per heavy atom. The monoisotopic (exact) mass is 476 g/mol. The average molecular weight is 476 g/mol. The Labute approximate surface area is 193 Å². The molecule has 1 fully saturated rings. The zero-order valence-corrected chi connectivity index (χ0v) is 18.2. The third kappa shape index (κ3) is 4.44. The van der Waals surface area contributed by atoms with E-state index in [0.717, 1.165) is 27.2 Å². The van der Waals surface area contributed by atoms with E-state index in [1.54, 1.807) is 0 Å². The molecule has 34 heavy (non-hydrogen) atoms. The number of alkyl halides is 3. The van der Waals surface area contributed by atoms with Crippen LogP contribution in [0, 0.1) is 11.8 Å². The molecule has 0 spiro atoms. The highest BCUT2D eigenvalue weighted by molar-refractivity contribution is 5.86. The van der Waals surface area contributed by atoms with Crippen molar-refractivity contribution in [2.75, 3.05) is 19.7 Å². The number of amides is 2. The van der Waals surface area contributed by atoms with E-state index in [4.69, 9.17) is 9.84 Å². The molecule has 7 nitrogen and oxygen atoms in total. The smallest absolute Gasteiger partial charge is 0.407 e. The number of nitrogens with zero attached hydrogens (tertiary/aromatic N) is 1. The summed E-state index contributed by atoms with van der Waals surface area (Å²) in [4.78, 5) is 37.0. The van der Waals surface area contributed by atoms with Gasteiger partial charge in [0.1, 0.15) is 12.6 Å². The number of hydrogen-bond acceptors (Lipinski definition) is 4. The number of nitrogens with one attached hydrogen (secondary N) is 1. The highest BCUT2D eigenvalue weighted by Crippen LogP contribution is 2.44. The van der Waals surface area contributed by atoms with Crippen molar-refractivity contribution in [2.24, 2.45) is 11.8 Å². The fourth-order valence-electron chi connectivity index (χ4n) is 4.72. The fourth-order valence-corrected chi connectivity index (χ4v) is 4.72. The van der Waals surface area contributed by atoms with Gasteiger partial charge in [-0.3, -0.25) is 9.59 Å². The van der Waals surface area contributed by atoms with Crippen LogP contribution in [0.3, 0.4) is 0 Å². The molecule has 10 heteroatoms. The third-order valence-electron chi connectivity index (χ3n) is 6.42. The van der Waals surface area contributed by atoms with Crippen LogP contribution in [0.4, 0.5) is 18.0 Å². The van der Waals surface area contributed by atoms with E-state index >= 15 is 0 Å². The van der Waals surface area contributed by atoms with Gasteiger partial charge in [-0.25, -0.2) is 4.79 Å². The van der Waals surface area contributed by atoms with Crippen LogP contribution in [0.25, 0.3) is 11.1 Å². The zero-order chi connectivity index (χ0) is 24.6. The number of aliphatic carboxylic acids is 1. The number of carbonyl (C=O) groups is 3. The van der Waals surface area contributed by atoms with Crippen LogP contribution in [0.15, 0.2) is 48.5 Å². The third-order valence-corrected chi connectivity index (χ3v) is 6.42. The van der Waals surface area contributed by atoms with Crippen molar-refractivity contribution >= 4 is 18.0 Å². The Hall–Kier alpha value is -3.56. The molecule has 2 amide bonds. The Kier molecular flexibility index (Phi) is 6.24. The Morgan fingerprint density at radius 1 is 1.06 bits per heavy atom. The van der Waals surface area contributed by atoms with Crippen LogP contribution in [-0.2, 0) is 14.3 Å². The number of benzene rings is 2. The van der Waals surface area contributed by atoms with Crippen LogP contribution in [0.2, 0.25) is 0 Å². The number of hydrogen-bond donors (Lipinski definition) is 2. The van der Waals surface area contributed by atoms with Crippen molar-refractivity contribution < 1.29 is 37.4 Å². The highest BCUT2D eigenvalue weighted by atomic mass is 19.4. The molecule has 2 N–H and O–H groups in total. The molecule has 1 aliphatic heterocycles.